The minimum Gasteiger partial charge on any atom is -0.367 e. The molecule has 1 aliphatic rings. The Morgan fingerprint density at radius 3 is 2.71 bits per heavy atom. The summed E-state index contributed by atoms with van der Waals surface area (Å²) in [5, 5.41) is 0.0428. The van der Waals surface area contributed by atoms with Gasteiger partial charge in [0.2, 0.25) is 0 Å². The van der Waals surface area contributed by atoms with Crippen molar-refractivity contribution >= 4 is 16.9 Å². The van der Waals surface area contributed by atoms with E-state index in [4.69, 9.17) is 4.74 Å². The molecular formula is C20H17F3N4O4. The molecule has 2 N–H and O–H groups in total. The third-order valence-corrected chi connectivity index (χ3v) is 4.97. The number of alkyl halides is 3. The zero-order chi connectivity index (χ0) is 22.3. The number of aromatic nitrogens is 3. The molecule has 8 nitrogen and oxygen atoms in total. The van der Waals surface area contributed by atoms with Gasteiger partial charge in [0.05, 0.1) is 29.2 Å². The van der Waals surface area contributed by atoms with E-state index in [2.05, 4.69) is 15.0 Å². The number of hydrogen-bond donors (Lipinski definition) is 2. The Kier molecular flexibility index (Phi) is 5.13. The molecule has 0 aliphatic carbocycles. The van der Waals surface area contributed by atoms with Gasteiger partial charge in [0, 0.05) is 12.7 Å². The fourth-order valence-corrected chi connectivity index (χ4v) is 3.56. The van der Waals surface area contributed by atoms with Gasteiger partial charge in [-0.1, -0.05) is 12.1 Å². The van der Waals surface area contributed by atoms with Gasteiger partial charge in [0.15, 0.2) is 0 Å². The molecule has 2 unspecified atom stereocenters. The number of carbonyl (C=O) groups excluding carboxylic acids is 1. The van der Waals surface area contributed by atoms with E-state index in [-0.39, 0.29) is 29.7 Å². The highest BCUT2D eigenvalue weighted by Gasteiger charge is 2.34. The molecule has 2 aromatic heterocycles. The number of carbonyl (C=O) groups is 1. The maximum absolute atomic E-state index is 13.1. The first-order chi connectivity index (χ1) is 14.6. The van der Waals surface area contributed by atoms with Crippen LogP contribution in [0, 0.1) is 0 Å². The summed E-state index contributed by atoms with van der Waals surface area (Å²) in [6.45, 7) is 1.97. The number of pyridine rings is 1. The Labute approximate surface area is 172 Å². The highest BCUT2D eigenvalue weighted by atomic mass is 19.4. The molecule has 1 aromatic carbocycles. The van der Waals surface area contributed by atoms with Crippen LogP contribution >= 0.6 is 0 Å². The summed E-state index contributed by atoms with van der Waals surface area (Å²) in [6.07, 6.45) is -4.43. The molecule has 11 heteroatoms. The van der Waals surface area contributed by atoms with Gasteiger partial charge in [-0.15, -0.1) is 0 Å². The normalized spacial score (nSPS) is 19.5. The lowest BCUT2D eigenvalue weighted by atomic mass is 10.0. The van der Waals surface area contributed by atoms with E-state index in [1.807, 2.05) is 0 Å². The molecule has 1 aliphatic heterocycles. The first-order valence-electron chi connectivity index (χ1n) is 9.36. The number of benzene rings is 1. The molecule has 0 bridgehead atoms. The number of fused-ring (bicyclic) bond motifs is 1. The average Bonchev–Trinajstić information content (AvgIpc) is 2.72. The maximum atomic E-state index is 13.1. The van der Waals surface area contributed by atoms with E-state index in [1.165, 1.54) is 29.3 Å². The van der Waals surface area contributed by atoms with Gasteiger partial charge in [0.25, 0.3) is 11.5 Å². The van der Waals surface area contributed by atoms with E-state index in [9.17, 15) is 27.6 Å². The predicted molar refractivity (Wildman–Crippen MR) is 104 cm³/mol. The van der Waals surface area contributed by atoms with Gasteiger partial charge in [-0.25, -0.2) is 9.78 Å². The number of ether oxygens (including phenoxy) is 1. The number of nitrogens with one attached hydrogen (secondary N) is 2. The molecule has 1 fully saturated rings. The van der Waals surface area contributed by atoms with Crippen molar-refractivity contribution in [1.29, 1.82) is 0 Å². The summed E-state index contributed by atoms with van der Waals surface area (Å²) in [4.78, 5) is 46.2. The van der Waals surface area contributed by atoms with Crippen LogP contribution in [0.2, 0.25) is 0 Å². The quantitative estimate of drug-likeness (QED) is 0.643. The number of rotatable bonds is 2. The summed E-state index contributed by atoms with van der Waals surface area (Å²) in [5.41, 5.74) is -1.72. The van der Waals surface area contributed by atoms with Crippen molar-refractivity contribution in [2.24, 2.45) is 0 Å². The van der Waals surface area contributed by atoms with Gasteiger partial charge < -0.3 is 9.64 Å². The third kappa shape index (κ3) is 4.22. The lowest BCUT2D eigenvalue weighted by molar-refractivity contribution is -0.137. The second-order valence-corrected chi connectivity index (χ2v) is 7.30. The fraction of sp³-hybridized carbons (Fsp3) is 0.300. The van der Waals surface area contributed by atoms with Crippen molar-refractivity contribution in [2.45, 2.75) is 25.3 Å². The minimum atomic E-state index is -4.49. The van der Waals surface area contributed by atoms with Crippen LogP contribution in [0.3, 0.4) is 0 Å². The topological polar surface area (TPSA) is 108 Å². The van der Waals surface area contributed by atoms with Gasteiger partial charge in [-0.3, -0.25) is 19.6 Å². The number of nitrogens with zero attached hydrogens (tertiary/aromatic N) is 2. The van der Waals surface area contributed by atoms with E-state index in [1.54, 1.807) is 6.92 Å². The van der Waals surface area contributed by atoms with Crippen LogP contribution in [0.5, 0.6) is 0 Å². The Balaban J connectivity index is 1.63. The largest absolute Gasteiger partial charge is 0.416 e. The fourth-order valence-electron chi connectivity index (χ4n) is 3.56. The molecule has 0 saturated carbocycles. The minimum absolute atomic E-state index is 0.0322. The van der Waals surface area contributed by atoms with Crippen LogP contribution in [0.4, 0.5) is 13.2 Å². The highest BCUT2D eigenvalue weighted by Crippen LogP contribution is 2.33. The summed E-state index contributed by atoms with van der Waals surface area (Å²) in [5.74, 6) is -0.452. The molecule has 0 spiro atoms. The number of amides is 1. The summed E-state index contributed by atoms with van der Waals surface area (Å²) >= 11 is 0. The van der Waals surface area contributed by atoms with E-state index >= 15 is 0 Å². The highest BCUT2D eigenvalue weighted by molar-refractivity contribution is 5.96. The lowest BCUT2D eigenvalue weighted by Gasteiger charge is -2.37. The predicted octanol–water partition coefficient (Wildman–Crippen LogP) is 2.23. The van der Waals surface area contributed by atoms with Crippen molar-refractivity contribution in [1.82, 2.24) is 19.9 Å². The van der Waals surface area contributed by atoms with E-state index in [0.717, 1.165) is 12.1 Å². The molecule has 3 aromatic rings. The molecule has 0 radical (unpaired) electrons. The second-order valence-electron chi connectivity index (χ2n) is 7.30. The zero-order valence-corrected chi connectivity index (χ0v) is 16.2. The Bertz CT molecular complexity index is 1270. The zero-order valence-electron chi connectivity index (χ0n) is 16.2. The van der Waals surface area contributed by atoms with Crippen LogP contribution in [0.15, 0.2) is 46.1 Å². The van der Waals surface area contributed by atoms with Crippen molar-refractivity contribution in [2.75, 3.05) is 13.1 Å². The lowest BCUT2D eigenvalue weighted by Crippen LogP contribution is -2.46. The summed E-state index contributed by atoms with van der Waals surface area (Å²) < 4.78 is 45.0. The van der Waals surface area contributed by atoms with E-state index < -0.39 is 41.1 Å². The van der Waals surface area contributed by atoms with Crippen LogP contribution < -0.4 is 11.2 Å². The van der Waals surface area contributed by atoms with Gasteiger partial charge in [0.1, 0.15) is 11.8 Å². The monoisotopic (exact) mass is 434 g/mol. The van der Waals surface area contributed by atoms with Crippen molar-refractivity contribution in [3.8, 4) is 0 Å². The molecular weight excluding hydrogens is 417 g/mol. The van der Waals surface area contributed by atoms with Crippen molar-refractivity contribution < 1.29 is 22.7 Å². The van der Waals surface area contributed by atoms with Gasteiger partial charge >= 0.3 is 11.9 Å². The van der Waals surface area contributed by atoms with Crippen LogP contribution in [-0.4, -0.2) is 45.0 Å². The number of hydrogen-bond acceptors (Lipinski definition) is 5. The molecule has 162 valence electrons. The first kappa shape index (κ1) is 20.8. The third-order valence-electron chi connectivity index (χ3n) is 4.97. The molecule has 1 saturated heterocycles. The summed E-state index contributed by atoms with van der Waals surface area (Å²) in [7, 11) is 0. The van der Waals surface area contributed by atoms with Crippen LogP contribution in [-0.2, 0) is 10.9 Å². The van der Waals surface area contributed by atoms with Gasteiger partial charge in [-0.05, 0) is 30.7 Å². The molecule has 4 rings (SSSR count). The molecule has 2 atom stereocenters. The van der Waals surface area contributed by atoms with E-state index in [0.29, 0.717) is 5.56 Å². The number of halogens is 3. The number of aromatic amines is 2. The number of morpholine rings is 1. The Morgan fingerprint density at radius 1 is 1.19 bits per heavy atom. The SMILES string of the molecule is CC1CN(C(=O)c2cnc3[nH]c(=O)[nH]c(=O)c3c2)CC(c2cccc(C(F)(F)F)c2)O1. The smallest absolute Gasteiger partial charge is 0.367 e. The molecule has 31 heavy (non-hydrogen) atoms. The average molecular weight is 434 g/mol. The standard InChI is InChI=1S/C20H17F3N4O4/c1-10-8-27(9-15(31-10)11-3-2-4-13(5-11)20(21,22)23)18(29)12-6-14-16(24-7-12)25-19(30)26-17(14)28/h2-7,10,15H,8-9H2,1H3,(H2,24,25,26,28,30). The summed E-state index contributed by atoms with van der Waals surface area (Å²) in [6, 6.07) is 6.13. The Hall–Kier alpha value is -3.47. The van der Waals surface area contributed by atoms with Crippen molar-refractivity contribution in [3.05, 3.63) is 74.1 Å². The van der Waals surface area contributed by atoms with Gasteiger partial charge in [-0.2, -0.15) is 13.2 Å². The first-order valence-corrected chi connectivity index (χ1v) is 9.36. The second kappa shape index (κ2) is 7.65. The van der Waals surface area contributed by atoms with Crippen LogP contribution in [0.25, 0.3) is 11.0 Å². The van der Waals surface area contributed by atoms with Crippen molar-refractivity contribution in [3.63, 3.8) is 0 Å². The Morgan fingerprint density at radius 2 is 1.97 bits per heavy atom. The molecule has 3 heterocycles. The maximum Gasteiger partial charge on any atom is 0.416 e. The molecule has 1 amide bonds. The number of H-pyrrole nitrogens is 2. The van der Waals surface area contributed by atoms with Crippen LogP contribution in [0.1, 0.15) is 34.5 Å².